The molecule has 162 valence electrons. The molecule has 1 amide bonds. The average Bonchev–Trinajstić information content (AvgIpc) is 3.03. The number of anilines is 1. The number of benzene rings is 1. The van der Waals surface area contributed by atoms with E-state index in [0.717, 1.165) is 21.1 Å². The molecule has 0 bridgehead atoms. The molecule has 1 aromatic carbocycles. The van der Waals surface area contributed by atoms with Crippen LogP contribution >= 0.6 is 23.1 Å². The van der Waals surface area contributed by atoms with E-state index >= 15 is 0 Å². The lowest BCUT2D eigenvalue weighted by Crippen LogP contribution is -2.55. The molecule has 8 heteroatoms. The van der Waals surface area contributed by atoms with Crippen LogP contribution in [0.4, 0.5) is 5.00 Å². The van der Waals surface area contributed by atoms with Crippen molar-refractivity contribution in [3.05, 3.63) is 40.3 Å². The van der Waals surface area contributed by atoms with E-state index in [1.165, 1.54) is 30.2 Å². The number of esters is 1. The maximum absolute atomic E-state index is 12.7. The number of nitrogens with one attached hydrogen (secondary N) is 2. The minimum Gasteiger partial charge on any atom is -0.497 e. The van der Waals surface area contributed by atoms with E-state index < -0.39 is 5.97 Å². The lowest BCUT2D eigenvalue weighted by molar-refractivity contribution is -0.113. The van der Waals surface area contributed by atoms with Crippen LogP contribution in [0, 0.1) is 0 Å². The highest BCUT2D eigenvalue weighted by atomic mass is 32.2. The van der Waals surface area contributed by atoms with E-state index in [-0.39, 0.29) is 22.7 Å². The summed E-state index contributed by atoms with van der Waals surface area (Å²) >= 11 is 2.88. The van der Waals surface area contributed by atoms with Crippen LogP contribution < -0.4 is 15.4 Å². The Hall–Kier alpha value is -2.03. The van der Waals surface area contributed by atoms with E-state index in [0.29, 0.717) is 17.0 Å². The van der Waals surface area contributed by atoms with E-state index in [1.807, 2.05) is 24.3 Å². The third-order valence-electron chi connectivity index (χ3n) is 4.92. The number of methoxy groups -OCH3 is 2. The number of amides is 1. The quantitative estimate of drug-likeness (QED) is 0.503. The van der Waals surface area contributed by atoms with E-state index in [1.54, 1.807) is 7.11 Å². The van der Waals surface area contributed by atoms with E-state index in [2.05, 4.69) is 38.3 Å². The van der Waals surface area contributed by atoms with Crippen molar-refractivity contribution in [2.45, 2.75) is 50.1 Å². The van der Waals surface area contributed by atoms with Crippen molar-refractivity contribution in [3.63, 3.8) is 0 Å². The van der Waals surface area contributed by atoms with Gasteiger partial charge in [-0.2, -0.15) is 0 Å². The predicted molar refractivity (Wildman–Crippen MR) is 122 cm³/mol. The zero-order valence-corrected chi connectivity index (χ0v) is 19.8. The minimum absolute atomic E-state index is 0.162. The van der Waals surface area contributed by atoms with Crippen LogP contribution in [-0.2, 0) is 21.5 Å². The fourth-order valence-electron chi connectivity index (χ4n) is 3.92. The topological polar surface area (TPSA) is 76.7 Å². The lowest BCUT2D eigenvalue weighted by atomic mass is 9.81. The largest absolute Gasteiger partial charge is 0.497 e. The number of ether oxygens (including phenoxy) is 2. The molecule has 0 saturated carbocycles. The number of thiophene rings is 1. The molecule has 0 aliphatic carbocycles. The van der Waals surface area contributed by atoms with Gasteiger partial charge in [0.25, 0.3) is 0 Å². The van der Waals surface area contributed by atoms with E-state index in [4.69, 9.17) is 9.47 Å². The Labute approximate surface area is 185 Å². The van der Waals surface area contributed by atoms with Gasteiger partial charge in [-0.25, -0.2) is 4.79 Å². The van der Waals surface area contributed by atoms with Crippen LogP contribution in [0.3, 0.4) is 0 Å². The number of hydrogen-bond donors (Lipinski definition) is 2. The van der Waals surface area contributed by atoms with Crippen LogP contribution in [0.15, 0.2) is 29.2 Å². The van der Waals surface area contributed by atoms with Gasteiger partial charge in [0.1, 0.15) is 10.8 Å². The summed E-state index contributed by atoms with van der Waals surface area (Å²) in [6, 6.07) is 7.55. The van der Waals surface area contributed by atoms with Crippen molar-refractivity contribution < 1.29 is 19.1 Å². The van der Waals surface area contributed by atoms with Gasteiger partial charge in [-0.3, -0.25) is 4.79 Å². The zero-order valence-electron chi connectivity index (χ0n) is 18.2. The summed E-state index contributed by atoms with van der Waals surface area (Å²) in [7, 11) is 2.99. The summed E-state index contributed by atoms with van der Waals surface area (Å²) in [5.74, 6) is 0.432. The second-order valence-corrected chi connectivity index (χ2v) is 10.5. The maximum Gasteiger partial charge on any atom is 0.341 e. The van der Waals surface area contributed by atoms with Gasteiger partial charge in [0.05, 0.1) is 25.5 Å². The molecule has 2 heterocycles. The second kappa shape index (κ2) is 8.61. The third-order valence-corrected chi connectivity index (χ3v) is 7.40. The van der Waals surface area contributed by atoms with Crippen molar-refractivity contribution in [3.8, 4) is 5.75 Å². The first kappa shape index (κ1) is 22.7. The standard InChI is InChI=1S/C22H28N2O4S2/c1-21(2)11-15-17(20(26)28-6)19(30-18(15)22(3,4)24-21)23-16(25)12-29-14-9-7-13(27-5)8-10-14/h7-10,24H,11-12H2,1-6H3,(H,23,25). The van der Waals surface area contributed by atoms with Crippen molar-refractivity contribution >= 4 is 40.0 Å². The molecule has 1 aromatic heterocycles. The first-order valence-electron chi connectivity index (χ1n) is 9.67. The molecule has 2 aromatic rings. The second-order valence-electron chi connectivity index (χ2n) is 8.43. The number of carbonyl (C=O) groups is 2. The van der Waals surface area contributed by atoms with Crippen molar-refractivity contribution in [1.82, 2.24) is 5.32 Å². The van der Waals surface area contributed by atoms with Crippen LogP contribution in [0.2, 0.25) is 0 Å². The third kappa shape index (κ3) is 4.82. The molecule has 0 atom stereocenters. The summed E-state index contributed by atoms with van der Waals surface area (Å²) in [4.78, 5) is 27.3. The van der Waals surface area contributed by atoms with Crippen molar-refractivity contribution in [2.24, 2.45) is 0 Å². The number of rotatable bonds is 6. The Balaban J connectivity index is 1.82. The minimum atomic E-state index is -0.417. The van der Waals surface area contributed by atoms with Crippen molar-refractivity contribution in [2.75, 3.05) is 25.3 Å². The molecule has 3 rings (SSSR count). The highest BCUT2D eigenvalue weighted by Gasteiger charge is 2.42. The molecule has 1 aliphatic heterocycles. The van der Waals surface area contributed by atoms with Gasteiger partial charge in [0.2, 0.25) is 5.91 Å². The lowest BCUT2D eigenvalue weighted by Gasteiger charge is -2.42. The number of fused-ring (bicyclic) bond motifs is 1. The Kier molecular flexibility index (Phi) is 6.50. The smallest absolute Gasteiger partial charge is 0.341 e. The molecule has 30 heavy (non-hydrogen) atoms. The Morgan fingerprint density at radius 2 is 1.83 bits per heavy atom. The summed E-state index contributed by atoms with van der Waals surface area (Å²) in [6.07, 6.45) is 0.684. The summed E-state index contributed by atoms with van der Waals surface area (Å²) in [5.41, 5.74) is 0.943. The zero-order chi connectivity index (χ0) is 22.1. The molecule has 2 N–H and O–H groups in total. The monoisotopic (exact) mass is 448 g/mol. The number of carbonyl (C=O) groups excluding carboxylic acids is 2. The Morgan fingerprint density at radius 3 is 2.43 bits per heavy atom. The van der Waals surface area contributed by atoms with Gasteiger partial charge in [-0.15, -0.1) is 23.1 Å². The molecule has 0 saturated heterocycles. The predicted octanol–water partition coefficient (Wildman–Crippen LogP) is 4.43. The fourth-order valence-corrected chi connectivity index (χ4v) is 5.90. The number of hydrogen-bond acceptors (Lipinski definition) is 7. The molecule has 1 aliphatic rings. The van der Waals surface area contributed by atoms with Gasteiger partial charge in [0.15, 0.2) is 0 Å². The molecule has 6 nitrogen and oxygen atoms in total. The van der Waals surface area contributed by atoms with Gasteiger partial charge in [0, 0.05) is 20.9 Å². The number of thioether (sulfide) groups is 1. The van der Waals surface area contributed by atoms with Crippen molar-refractivity contribution in [1.29, 1.82) is 0 Å². The van der Waals surface area contributed by atoms with Crippen LogP contribution in [0.5, 0.6) is 5.75 Å². The van der Waals surface area contributed by atoms with Crippen LogP contribution in [-0.4, -0.2) is 37.4 Å². The molecular formula is C22H28N2O4S2. The maximum atomic E-state index is 12.7. The fraction of sp³-hybridized carbons (Fsp3) is 0.455. The average molecular weight is 449 g/mol. The molecule has 0 unspecified atom stereocenters. The van der Waals surface area contributed by atoms with Gasteiger partial charge in [-0.1, -0.05) is 0 Å². The molecule has 0 radical (unpaired) electrons. The van der Waals surface area contributed by atoms with Gasteiger partial charge < -0.3 is 20.1 Å². The van der Waals surface area contributed by atoms with E-state index in [9.17, 15) is 9.59 Å². The highest BCUT2D eigenvalue weighted by Crippen LogP contribution is 2.45. The van der Waals surface area contributed by atoms with Crippen LogP contribution in [0.25, 0.3) is 0 Å². The van der Waals surface area contributed by atoms with Crippen LogP contribution in [0.1, 0.15) is 48.5 Å². The molecule has 0 fully saturated rings. The summed E-state index contributed by atoms with van der Waals surface area (Å²) in [5, 5.41) is 7.13. The first-order chi connectivity index (χ1) is 14.1. The highest BCUT2D eigenvalue weighted by molar-refractivity contribution is 8.00. The normalized spacial score (nSPS) is 16.5. The Bertz CT molecular complexity index is 949. The summed E-state index contributed by atoms with van der Waals surface area (Å²) < 4.78 is 10.2. The van der Waals surface area contributed by atoms with Gasteiger partial charge >= 0.3 is 5.97 Å². The molecule has 0 spiro atoms. The SMILES string of the molecule is COC(=O)c1c(NC(=O)CSc2ccc(OC)cc2)sc2c1CC(C)(C)NC2(C)C. The first-order valence-corrected chi connectivity index (χ1v) is 11.5. The molecular weight excluding hydrogens is 420 g/mol. The van der Waals surface area contributed by atoms with Gasteiger partial charge in [-0.05, 0) is 63.9 Å². The summed E-state index contributed by atoms with van der Waals surface area (Å²) in [6.45, 7) is 8.41. The Morgan fingerprint density at radius 1 is 1.17 bits per heavy atom.